The summed E-state index contributed by atoms with van der Waals surface area (Å²) in [7, 11) is 3.57. The third-order valence-electron chi connectivity index (χ3n) is 7.45. The molecule has 1 heterocycles. The fourth-order valence-corrected chi connectivity index (χ4v) is 5.60. The number of urea groups is 1. The lowest BCUT2D eigenvalue weighted by Gasteiger charge is -2.43. The maximum Gasteiger partial charge on any atom is 0.317 e. The summed E-state index contributed by atoms with van der Waals surface area (Å²) in [6.07, 6.45) is 4.52. The summed E-state index contributed by atoms with van der Waals surface area (Å²) in [5.74, 6) is 0.747. The molecule has 0 aromatic heterocycles. The molecule has 216 valence electrons. The van der Waals surface area contributed by atoms with Gasteiger partial charge >= 0.3 is 6.03 Å². The van der Waals surface area contributed by atoms with Crippen LogP contribution < -0.4 is 15.4 Å². The second kappa shape index (κ2) is 15.2. The molecule has 0 spiro atoms. The first-order chi connectivity index (χ1) is 18.8. The van der Waals surface area contributed by atoms with E-state index in [0.29, 0.717) is 55.6 Å². The smallest absolute Gasteiger partial charge is 0.317 e. The topological polar surface area (TPSA) is 83.1 Å². The Balaban J connectivity index is 1.86. The predicted octanol–water partition coefficient (Wildman–Crippen LogP) is 5.68. The highest BCUT2D eigenvalue weighted by Gasteiger charge is 2.43. The van der Waals surface area contributed by atoms with Crippen LogP contribution in [0.1, 0.15) is 57.9 Å². The number of hydrogen-bond donors (Lipinski definition) is 3. The first-order valence-electron chi connectivity index (χ1n) is 14.2. The first kappa shape index (κ1) is 30.9. The number of amides is 2. The van der Waals surface area contributed by atoms with Crippen LogP contribution in [-0.2, 0) is 10.3 Å². The Bertz CT molecular complexity index is 1040. The van der Waals surface area contributed by atoms with Crippen molar-refractivity contribution in [2.75, 3.05) is 40.4 Å². The molecule has 39 heavy (non-hydrogen) atoms. The van der Waals surface area contributed by atoms with Crippen molar-refractivity contribution in [3.05, 3.63) is 59.9 Å². The molecule has 3 N–H and O–H groups in total. The van der Waals surface area contributed by atoms with Crippen LogP contribution in [-0.4, -0.2) is 62.5 Å². The Morgan fingerprint density at radius 1 is 1.21 bits per heavy atom. The average Bonchev–Trinajstić information content (AvgIpc) is 2.91. The minimum absolute atomic E-state index is 0.0381. The normalized spacial score (nSPS) is 18.0. The van der Waals surface area contributed by atoms with Gasteiger partial charge in [-0.15, -0.1) is 0 Å². The van der Waals surface area contributed by atoms with Crippen molar-refractivity contribution in [2.45, 2.75) is 64.0 Å². The summed E-state index contributed by atoms with van der Waals surface area (Å²) < 4.78 is 25.2. The number of benzene rings is 2. The number of likely N-dealkylation sites (N-methyl/N-ethyl adjacent to an activating group) is 1. The quantitative estimate of drug-likeness (QED) is 0.267. The molecule has 7 nitrogen and oxygen atoms in total. The second-order valence-corrected chi connectivity index (χ2v) is 11.0. The fraction of sp³-hybridized carbons (Fsp3) is 0.581. The van der Waals surface area contributed by atoms with Gasteiger partial charge in [-0.3, -0.25) is 0 Å². The van der Waals surface area contributed by atoms with Crippen LogP contribution in [0.15, 0.2) is 48.5 Å². The number of aliphatic hydroxyl groups is 1. The van der Waals surface area contributed by atoms with E-state index >= 15 is 0 Å². The number of nitrogens with one attached hydrogen (secondary N) is 2. The van der Waals surface area contributed by atoms with Crippen LogP contribution in [0, 0.1) is 17.7 Å². The number of methoxy groups -OCH3 is 1. The van der Waals surface area contributed by atoms with Crippen molar-refractivity contribution in [3.63, 3.8) is 0 Å². The van der Waals surface area contributed by atoms with Crippen LogP contribution in [0.25, 0.3) is 0 Å². The fourth-order valence-electron chi connectivity index (χ4n) is 5.60. The second-order valence-electron chi connectivity index (χ2n) is 11.0. The number of nitrogens with zero attached hydrogens (tertiary/aromatic N) is 1. The van der Waals surface area contributed by atoms with Crippen molar-refractivity contribution < 1.29 is 23.8 Å². The number of para-hydroxylation sites is 1. The Morgan fingerprint density at radius 3 is 2.72 bits per heavy atom. The Hall–Kier alpha value is -2.68. The summed E-state index contributed by atoms with van der Waals surface area (Å²) in [5.41, 5.74) is -0.578. The highest BCUT2D eigenvalue weighted by atomic mass is 19.1. The van der Waals surface area contributed by atoms with Crippen LogP contribution in [0.3, 0.4) is 0 Å². The predicted molar refractivity (Wildman–Crippen MR) is 153 cm³/mol. The van der Waals surface area contributed by atoms with E-state index in [0.717, 1.165) is 32.1 Å². The number of piperidine rings is 1. The zero-order valence-electron chi connectivity index (χ0n) is 23.9. The molecule has 2 amide bonds. The largest absolute Gasteiger partial charge is 0.457 e. The van der Waals surface area contributed by atoms with E-state index in [1.807, 2.05) is 36.2 Å². The lowest BCUT2D eigenvalue weighted by atomic mass is 9.73. The number of ether oxygens (including phenoxy) is 2. The van der Waals surface area contributed by atoms with Crippen LogP contribution in [0.2, 0.25) is 0 Å². The first-order valence-corrected chi connectivity index (χ1v) is 14.2. The summed E-state index contributed by atoms with van der Waals surface area (Å²) in [5, 5.41) is 18.8. The maximum atomic E-state index is 13.9. The van der Waals surface area contributed by atoms with Gasteiger partial charge < -0.3 is 30.1 Å². The number of rotatable bonds is 14. The van der Waals surface area contributed by atoms with Crippen molar-refractivity contribution in [1.29, 1.82) is 0 Å². The number of unbranched alkanes of at least 4 members (excludes halogenated alkanes) is 1. The van der Waals surface area contributed by atoms with E-state index < -0.39 is 5.60 Å². The van der Waals surface area contributed by atoms with Gasteiger partial charge in [0.05, 0.1) is 5.60 Å². The molecule has 0 aliphatic carbocycles. The van der Waals surface area contributed by atoms with Crippen LogP contribution in [0.5, 0.6) is 11.5 Å². The number of halogens is 1. The van der Waals surface area contributed by atoms with Crippen LogP contribution in [0.4, 0.5) is 9.18 Å². The monoisotopic (exact) mass is 543 g/mol. The standard InChI is InChI=1S/C31H46FN3O4/c1-23(2)19-26(21-33-3)34-30(36)35-17-10-11-24(22-35)31(37,16-7-8-18-38-4)28-14-5-6-15-29(28)39-27-13-9-12-25(32)20-27/h5-6,9,12-15,20,23-24,26,33,37H,7-8,10-11,16-19,21-22H2,1-4H3,(H,34,36)/t24-,26?,31+/m1/s1. The van der Waals surface area contributed by atoms with Gasteiger partial charge in [-0.2, -0.15) is 0 Å². The lowest BCUT2D eigenvalue weighted by molar-refractivity contribution is -0.0575. The van der Waals surface area contributed by atoms with Crippen molar-refractivity contribution >= 4 is 6.03 Å². The zero-order valence-corrected chi connectivity index (χ0v) is 23.9. The third-order valence-corrected chi connectivity index (χ3v) is 7.45. The van der Waals surface area contributed by atoms with Crippen molar-refractivity contribution in [2.24, 2.45) is 11.8 Å². The van der Waals surface area contributed by atoms with Gasteiger partial charge in [0.25, 0.3) is 0 Å². The molecule has 2 aromatic rings. The van der Waals surface area contributed by atoms with E-state index in [-0.39, 0.29) is 23.8 Å². The number of hydrogen-bond acceptors (Lipinski definition) is 5. The molecule has 2 aromatic carbocycles. The third kappa shape index (κ3) is 8.92. The molecule has 1 aliphatic heterocycles. The van der Waals surface area contributed by atoms with Crippen molar-refractivity contribution in [1.82, 2.24) is 15.5 Å². The summed E-state index contributed by atoms with van der Waals surface area (Å²) in [6, 6.07) is 13.4. The minimum atomic E-state index is -1.24. The molecule has 0 saturated carbocycles. The van der Waals surface area contributed by atoms with Gasteiger partial charge in [-0.25, -0.2) is 9.18 Å². The molecule has 1 saturated heterocycles. The molecule has 8 heteroatoms. The lowest BCUT2D eigenvalue weighted by Crippen LogP contribution is -2.54. The highest BCUT2D eigenvalue weighted by molar-refractivity contribution is 5.74. The molecular formula is C31H46FN3O4. The molecule has 0 radical (unpaired) electrons. The molecule has 1 unspecified atom stereocenters. The van der Waals surface area contributed by atoms with E-state index in [2.05, 4.69) is 24.5 Å². The Labute approximate surface area is 233 Å². The minimum Gasteiger partial charge on any atom is -0.457 e. The van der Waals surface area contributed by atoms with E-state index in [1.165, 1.54) is 12.1 Å². The van der Waals surface area contributed by atoms with E-state index in [9.17, 15) is 14.3 Å². The Kier molecular flexibility index (Phi) is 12.0. The molecule has 1 fully saturated rings. The van der Waals surface area contributed by atoms with Gasteiger partial charge in [0.2, 0.25) is 0 Å². The summed E-state index contributed by atoms with van der Waals surface area (Å²) >= 11 is 0. The number of likely N-dealkylation sites (tertiary alicyclic amines) is 1. The van der Waals surface area contributed by atoms with Gasteiger partial charge in [-0.1, -0.05) is 38.1 Å². The Morgan fingerprint density at radius 2 is 2.00 bits per heavy atom. The number of carbonyl (C=O) groups is 1. The summed E-state index contributed by atoms with van der Waals surface area (Å²) in [6.45, 7) is 6.71. The summed E-state index contributed by atoms with van der Waals surface area (Å²) in [4.78, 5) is 15.2. The molecular weight excluding hydrogens is 497 g/mol. The molecule has 0 bridgehead atoms. The van der Waals surface area contributed by atoms with Gasteiger partial charge in [0, 0.05) is 56.9 Å². The number of carbonyl (C=O) groups excluding carboxylic acids is 1. The van der Waals surface area contributed by atoms with E-state index in [4.69, 9.17) is 9.47 Å². The highest BCUT2D eigenvalue weighted by Crippen LogP contribution is 2.44. The maximum absolute atomic E-state index is 13.9. The van der Waals surface area contributed by atoms with E-state index in [1.54, 1.807) is 19.2 Å². The SMILES string of the molecule is CNCC(CC(C)C)NC(=O)N1CCC[C@@H]([C@@](O)(CCCCOC)c2ccccc2Oc2cccc(F)c2)C1. The molecule has 3 atom stereocenters. The average molecular weight is 544 g/mol. The van der Waals surface area contributed by atoms with Crippen LogP contribution >= 0.6 is 0 Å². The van der Waals surface area contributed by atoms with Crippen molar-refractivity contribution in [3.8, 4) is 11.5 Å². The zero-order chi connectivity index (χ0) is 28.3. The molecule has 1 aliphatic rings. The van der Waals surface area contributed by atoms with Gasteiger partial charge in [0.1, 0.15) is 17.3 Å². The molecule has 3 rings (SSSR count). The van der Waals surface area contributed by atoms with Gasteiger partial charge in [-0.05, 0) is 69.7 Å². The van der Waals surface area contributed by atoms with Gasteiger partial charge in [0.15, 0.2) is 0 Å².